The molecule has 156 valence electrons. The van der Waals surface area contributed by atoms with Crippen LogP contribution in [0.4, 0.5) is 10.8 Å². The normalized spacial score (nSPS) is 12.8. The topological polar surface area (TPSA) is 140 Å². The predicted octanol–water partition coefficient (Wildman–Crippen LogP) is 0.827. The van der Waals surface area contributed by atoms with E-state index in [0.29, 0.717) is 21.5 Å². The minimum absolute atomic E-state index is 0.0911. The highest BCUT2D eigenvalue weighted by molar-refractivity contribution is 8.01. The number of sulfonamides is 1. The molecule has 1 aliphatic rings. The van der Waals surface area contributed by atoms with Crippen molar-refractivity contribution < 1.29 is 27.5 Å². The molecule has 11 nitrogen and oxygen atoms in total. The van der Waals surface area contributed by atoms with Crippen LogP contribution in [0.25, 0.3) is 0 Å². The number of carbonyl (C=O) groups excluding carboxylic acids is 2. The van der Waals surface area contributed by atoms with Gasteiger partial charge in [0.25, 0.3) is 0 Å². The highest BCUT2D eigenvalue weighted by atomic mass is 32.2. The summed E-state index contributed by atoms with van der Waals surface area (Å²) in [6, 6.07) is 5.10. The number of hydrogen-bond donors (Lipinski definition) is 2. The van der Waals surface area contributed by atoms with Crippen molar-refractivity contribution in [3.63, 3.8) is 0 Å². The molecule has 0 radical (unpaired) electrons. The zero-order chi connectivity index (χ0) is 21.0. The minimum atomic E-state index is -3.46. The van der Waals surface area contributed by atoms with Gasteiger partial charge in [-0.15, -0.1) is 10.2 Å². The van der Waals surface area contributed by atoms with Gasteiger partial charge >= 0.3 is 0 Å². The molecule has 0 spiro atoms. The van der Waals surface area contributed by atoms with Gasteiger partial charge in [0, 0.05) is 18.8 Å². The Morgan fingerprint density at radius 2 is 1.97 bits per heavy atom. The number of ether oxygens (including phenoxy) is 2. The maximum atomic E-state index is 12.1. The van der Waals surface area contributed by atoms with Crippen molar-refractivity contribution in [3.8, 4) is 11.5 Å². The molecule has 1 aliphatic heterocycles. The smallest absolute Gasteiger partial charge is 0.241 e. The lowest BCUT2D eigenvalue weighted by Crippen LogP contribution is -2.34. The number of hydrogen-bond acceptors (Lipinski definition) is 10. The molecule has 2 N–H and O–H groups in total. The first-order chi connectivity index (χ1) is 13.7. The molecule has 0 bridgehead atoms. The molecule has 2 aromatic rings. The number of nitrogens with one attached hydrogen (secondary N) is 2. The summed E-state index contributed by atoms with van der Waals surface area (Å²) in [5, 5.41) is 13.1. The van der Waals surface area contributed by atoms with E-state index in [4.69, 9.17) is 9.47 Å². The fraction of sp³-hybridized carbons (Fsp3) is 0.333. The van der Waals surface area contributed by atoms with E-state index in [9.17, 15) is 18.0 Å². The van der Waals surface area contributed by atoms with Crippen LogP contribution in [-0.4, -0.2) is 67.1 Å². The van der Waals surface area contributed by atoms with Gasteiger partial charge in [0.2, 0.25) is 33.8 Å². The minimum Gasteiger partial charge on any atom is -0.454 e. The highest BCUT2D eigenvalue weighted by Gasteiger charge is 2.17. The van der Waals surface area contributed by atoms with Crippen LogP contribution >= 0.6 is 23.1 Å². The van der Waals surface area contributed by atoms with E-state index >= 15 is 0 Å². The molecule has 29 heavy (non-hydrogen) atoms. The van der Waals surface area contributed by atoms with Crippen molar-refractivity contribution >= 4 is 55.8 Å². The lowest BCUT2D eigenvalue weighted by atomic mass is 10.3. The number of carbonyl (C=O) groups is 2. The first-order valence-corrected chi connectivity index (χ1v) is 11.7. The number of nitrogens with zero attached hydrogens (tertiary/aromatic N) is 3. The summed E-state index contributed by atoms with van der Waals surface area (Å²) >= 11 is 2.24. The summed E-state index contributed by atoms with van der Waals surface area (Å²) in [7, 11) is -2.16. The quantitative estimate of drug-likeness (QED) is 0.434. The van der Waals surface area contributed by atoms with Gasteiger partial charge in [-0.1, -0.05) is 23.1 Å². The predicted molar refractivity (Wildman–Crippen MR) is 108 cm³/mol. The number of fused-ring (bicyclic) bond motifs is 1. The SMILES string of the molecule is CN(CC(=O)Nc1nnc(SCC(=O)Nc2ccc3c(c2)OCO3)s1)S(C)(=O)=O. The molecule has 3 rings (SSSR count). The van der Waals surface area contributed by atoms with Crippen molar-refractivity contribution in [2.75, 3.05) is 43.0 Å². The van der Waals surface area contributed by atoms with Crippen LogP contribution < -0.4 is 20.1 Å². The largest absolute Gasteiger partial charge is 0.454 e. The number of aromatic nitrogens is 2. The Bertz CT molecular complexity index is 1030. The Kier molecular flexibility index (Phi) is 6.56. The van der Waals surface area contributed by atoms with Gasteiger partial charge in [0.15, 0.2) is 15.8 Å². The second kappa shape index (κ2) is 8.94. The van der Waals surface area contributed by atoms with Crippen molar-refractivity contribution in [2.24, 2.45) is 0 Å². The third-order valence-corrected chi connectivity index (χ3v) is 6.80. The molecule has 1 aromatic carbocycles. The third kappa shape index (κ3) is 6.03. The molecule has 1 aromatic heterocycles. The maximum absolute atomic E-state index is 12.1. The number of amides is 2. The van der Waals surface area contributed by atoms with E-state index in [2.05, 4.69) is 20.8 Å². The zero-order valence-electron chi connectivity index (χ0n) is 15.4. The first kappa shape index (κ1) is 21.3. The number of benzene rings is 1. The number of likely N-dealkylation sites (N-methyl/N-ethyl adjacent to an activating group) is 1. The zero-order valence-corrected chi connectivity index (χ0v) is 17.8. The number of anilines is 2. The molecule has 0 saturated carbocycles. The Morgan fingerprint density at radius 3 is 2.72 bits per heavy atom. The maximum Gasteiger partial charge on any atom is 0.241 e. The van der Waals surface area contributed by atoms with Crippen molar-refractivity contribution in [1.29, 1.82) is 0 Å². The van der Waals surface area contributed by atoms with Crippen LogP contribution in [0.1, 0.15) is 0 Å². The third-order valence-electron chi connectivity index (χ3n) is 3.57. The molecular formula is C15H17N5O6S3. The molecular weight excluding hydrogens is 442 g/mol. The summed E-state index contributed by atoms with van der Waals surface area (Å²) in [5.41, 5.74) is 0.583. The summed E-state index contributed by atoms with van der Waals surface area (Å²) in [6.07, 6.45) is 1.01. The molecule has 0 aliphatic carbocycles. The van der Waals surface area contributed by atoms with Gasteiger partial charge < -0.3 is 14.8 Å². The monoisotopic (exact) mass is 459 g/mol. The lowest BCUT2D eigenvalue weighted by molar-refractivity contribution is -0.116. The van der Waals surface area contributed by atoms with Gasteiger partial charge in [-0.05, 0) is 12.1 Å². The summed E-state index contributed by atoms with van der Waals surface area (Å²) in [5.74, 6) is 0.508. The number of thioether (sulfide) groups is 1. The van der Waals surface area contributed by atoms with E-state index in [0.717, 1.165) is 33.7 Å². The van der Waals surface area contributed by atoms with Gasteiger partial charge in [-0.25, -0.2) is 8.42 Å². The fourth-order valence-corrected chi connectivity index (χ4v) is 4.02. The van der Waals surface area contributed by atoms with E-state index in [1.165, 1.54) is 7.05 Å². The molecule has 0 unspecified atom stereocenters. The molecule has 2 amide bonds. The Labute approximate surface area is 174 Å². The summed E-state index contributed by atoms with van der Waals surface area (Å²) in [4.78, 5) is 24.0. The van der Waals surface area contributed by atoms with E-state index < -0.39 is 15.9 Å². The van der Waals surface area contributed by atoms with Crippen LogP contribution in [0.3, 0.4) is 0 Å². The highest BCUT2D eigenvalue weighted by Crippen LogP contribution is 2.34. The molecule has 2 heterocycles. The van der Waals surface area contributed by atoms with E-state index in [1.807, 2.05) is 0 Å². The standard InChI is InChI=1S/C15H17N5O6S3/c1-20(29(2,23)24)6-12(21)17-14-18-19-15(28-14)27-7-13(22)16-9-3-4-10-11(5-9)26-8-25-10/h3-5H,6-8H2,1-2H3,(H,16,22)(H,17,18,21). The number of rotatable bonds is 8. The van der Waals surface area contributed by atoms with Crippen LogP contribution in [0.15, 0.2) is 22.5 Å². The Hall–Kier alpha value is -2.42. The average molecular weight is 460 g/mol. The average Bonchev–Trinajstić information content (AvgIpc) is 3.27. The van der Waals surface area contributed by atoms with Crippen LogP contribution in [0, 0.1) is 0 Å². The molecule has 14 heteroatoms. The van der Waals surface area contributed by atoms with E-state index in [-0.39, 0.29) is 30.1 Å². The Balaban J connectivity index is 1.46. The molecule has 0 saturated heterocycles. The van der Waals surface area contributed by atoms with Crippen molar-refractivity contribution in [1.82, 2.24) is 14.5 Å². The molecule has 0 fully saturated rings. The first-order valence-electron chi connectivity index (χ1n) is 8.07. The molecule has 0 atom stereocenters. The van der Waals surface area contributed by atoms with Crippen molar-refractivity contribution in [3.05, 3.63) is 18.2 Å². The second-order valence-electron chi connectivity index (χ2n) is 5.85. The lowest BCUT2D eigenvalue weighted by Gasteiger charge is -2.12. The summed E-state index contributed by atoms with van der Waals surface area (Å²) < 4.78 is 34.5. The van der Waals surface area contributed by atoms with E-state index in [1.54, 1.807) is 18.2 Å². The summed E-state index contributed by atoms with van der Waals surface area (Å²) in [6.45, 7) is -0.179. The van der Waals surface area contributed by atoms with Crippen LogP contribution in [0.2, 0.25) is 0 Å². The van der Waals surface area contributed by atoms with Gasteiger partial charge in [-0.3, -0.25) is 14.9 Å². The van der Waals surface area contributed by atoms with Gasteiger partial charge in [-0.2, -0.15) is 4.31 Å². The van der Waals surface area contributed by atoms with Gasteiger partial charge in [0.05, 0.1) is 18.6 Å². The van der Waals surface area contributed by atoms with Crippen LogP contribution in [0.5, 0.6) is 11.5 Å². The Morgan fingerprint density at radius 1 is 1.21 bits per heavy atom. The van der Waals surface area contributed by atoms with Gasteiger partial charge in [0.1, 0.15) is 0 Å². The van der Waals surface area contributed by atoms with Crippen LogP contribution in [-0.2, 0) is 19.6 Å². The second-order valence-corrected chi connectivity index (χ2v) is 10.1. The van der Waals surface area contributed by atoms with Crippen molar-refractivity contribution in [2.45, 2.75) is 4.34 Å². The fourth-order valence-electron chi connectivity index (χ4n) is 2.10.